The van der Waals surface area contributed by atoms with Gasteiger partial charge in [0.2, 0.25) is 15.8 Å². The van der Waals surface area contributed by atoms with Crippen LogP contribution in [-0.2, 0) is 16.6 Å². The number of benzene rings is 1. The normalized spacial score (nSPS) is 11.5. The summed E-state index contributed by atoms with van der Waals surface area (Å²) in [4.78, 5) is 10.5. The Labute approximate surface area is 120 Å². The Balaban J connectivity index is 2.23. The van der Waals surface area contributed by atoms with Crippen LogP contribution in [0.5, 0.6) is 5.75 Å². The minimum atomic E-state index is -3.94. The summed E-state index contributed by atoms with van der Waals surface area (Å²) in [6, 6.07) is 7.24. The van der Waals surface area contributed by atoms with Gasteiger partial charge in [-0.15, -0.1) is 0 Å². The Morgan fingerprint density at radius 2 is 2.00 bits per heavy atom. The van der Waals surface area contributed by atoms with Crippen LogP contribution in [0.2, 0.25) is 0 Å². The number of furan rings is 1. The summed E-state index contributed by atoms with van der Waals surface area (Å²) in [5.74, 6) is -1.84. The molecule has 2 aromatic rings. The third-order valence-corrected chi connectivity index (χ3v) is 4.33. The van der Waals surface area contributed by atoms with E-state index in [1.54, 1.807) is 18.2 Å². The van der Waals surface area contributed by atoms with Crippen molar-refractivity contribution in [3.63, 3.8) is 0 Å². The van der Waals surface area contributed by atoms with E-state index in [2.05, 4.69) is 4.72 Å². The lowest BCUT2D eigenvalue weighted by molar-refractivity contribution is 0.0661. The van der Waals surface area contributed by atoms with Crippen molar-refractivity contribution in [3.8, 4) is 5.75 Å². The van der Waals surface area contributed by atoms with Crippen molar-refractivity contribution in [3.05, 3.63) is 47.4 Å². The molecule has 2 rings (SSSR count). The minimum absolute atomic E-state index is 0.0165. The second kappa shape index (κ2) is 5.58. The zero-order valence-electron chi connectivity index (χ0n) is 11.0. The van der Waals surface area contributed by atoms with E-state index in [9.17, 15) is 18.3 Å². The molecule has 0 saturated carbocycles. The zero-order valence-corrected chi connectivity index (χ0v) is 11.8. The standard InChI is InChI=1S/C13H13NO6S/c1-8-12(6-11(20-8)13(16)17)21(18,19)14-7-9-4-2-3-5-10(9)15/h2-6,14-15H,7H2,1H3,(H,16,17). The van der Waals surface area contributed by atoms with E-state index in [1.165, 1.54) is 13.0 Å². The van der Waals surface area contributed by atoms with Gasteiger partial charge in [0, 0.05) is 18.2 Å². The molecule has 0 fully saturated rings. The molecule has 1 aromatic heterocycles. The van der Waals surface area contributed by atoms with Crippen LogP contribution in [0.1, 0.15) is 21.9 Å². The second-order valence-electron chi connectivity index (χ2n) is 4.29. The Morgan fingerprint density at radius 1 is 1.33 bits per heavy atom. The van der Waals surface area contributed by atoms with Gasteiger partial charge in [-0.05, 0) is 13.0 Å². The van der Waals surface area contributed by atoms with Gasteiger partial charge in [0.1, 0.15) is 16.4 Å². The summed E-state index contributed by atoms with van der Waals surface area (Å²) in [5, 5.41) is 18.4. The number of carbonyl (C=O) groups is 1. The number of phenols is 1. The van der Waals surface area contributed by atoms with Crippen molar-refractivity contribution < 1.29 is 27.8 Å². The summed E-state index contributed by atoms with van der Waals surface area (Å²) in [6.45, 7) is 1.24. The van der Waals surface area contributed by atoms with Gasteiger partial charge in [0.15, 0.2) is 0 Å². The molecule has 0 spiro atoms. The van der Waals surface area contributed by atoms with E-state index >= 15 is 0 Å². The minimum Gasteiger partial charge on any atom is -0.508 e. The topological polar surface area (TPSA) is 117 Å². The molecule has 0 aliphatic rings. The number of sulfonamides is 1. The first kappa shape index (κ1) is 15.1. The average molecular weight is 311 g/mol. The predicted octanol–water partition coefficient (Wildman–Crippen LogP) is 1.47. The Hall–Kier alpha value is -2.32. The van der Waals surface area contributed by atoms with Gasteiger partial charge in [-0.25, -0.2) is 17.9 Å². The molecule has 0 atom stereocenters. The molecule has 0 amide bonds. The molecule has 0 unspecified atom stereocenters. The lowest BCUT2D eigenvalue weighted by Crippen LogP contribution is -2.23. The highest BCUT2D eigenvalue weighted by molar-refractivity contribution is 7.89. The molecule has 0 aliphatic heterocycles. The van der Waals surface area contributed by atoms with Gasteiger partial charge in [-0.2, -0.15) is 0 Å². The SMILES string of the molecule is Cc1oc(C(=O)O)cc1S(=O)(=O)NCc1ccccc1O. The van der Waals surface area contributed by atoms with Crippen molar-refractivity contribution in [2.45, 2.75) is 18.4 Å². The fourth-order valence-corrected chi connectivity index (χ4v) is 2.93. The maximum absolute atomic E-state index is 12.1. The van der Waals surface area contributed by atoms with Crippen LogP contribution in [0.25, 0.3) is 0 Å². The fourth-order valence-electron chi connectivity index (χ4n) is 1.75. The van der Waals surface area contributed by atoms with Gasteiger partial charge >= 0.3 is 5.97 Å². The van der Waals surface area contributed by atoms with Crippen molar-refractivity contribution in [1.29, 1.82) is 0 Å². The highest BCUT2D eigenvalue weighted by Gasteiger charge is 2.23. The number of aromatic carboxylic acids is 1. The van der Waals surface area contributed by atoms with Gasteiger partial charge in [0.25, 0.3) is 0 Å². The van der Waals surface area contributed by atoms with E-state index in [0.29, 0.717) is 5.56 Å². The van der Waals surface area contributed by atoms with E-state index in [4.69, 9.17) is 9.52 Å². The molecule has 1 aromatic carbocycles. The number of phenolic OH excluding ortho intramolecular Hbond substituents is 1. The number of rotatable bonds is 5. The molecule has 7 nitrogen and oxygen atoms in total. The molecular weight excluding hydrogens is 298 g/mol. The lowest BCUT2D eigenvalue weighted by atomic mass is 10.2. The van der Waals surface area contributed by atoms with Crippen LogP contribution in [0, 0.1) is 6.92 Å². The number of carboxylic acid groups (broad SMARTS) is 1. The van der Waals surface area contributed by atoms with Crippen molar-refractivity contribution in [1.82, 2.24) is 4.72 Å². The number of hydrogen-bond acceptors (Lipinski definition) is 5. The summed E-state index contributed by atoms with van der Waals surface area (Å²) in [7, 11) is -3.94. The molecule has 0 aliphatic carbocycles. The third-order valence-electron chi connectivity index (χ3n) is 2.82. The lowest BCUT2D eigenvalue weighted by Gasteiger charge is -2.07. The number of aryl methyl sites for hydroxylation is 1. The average Bonchev–Trinajstić information content (AvgIpc) is 2.81. The Morgan fingerprint density at radius 3 is 2.57 bits per heavy atom. The highest BCUT2D eigenvalue weighted by atomic mass is 32.2. The van der Waals surface area contributed by atoms with Gasteiger partial charge in [0.05, 0.1) is 0 Å². The zero-order chi connectivity index (χ0) is 15.6. The van der Waals surface area contributed by atoms with Crippen molar-refractivity contribution >= 4 is 16.0 Å². The molecule has 8 heteroatoms. The maximum Gasteiger partial charge on any atom is 0.371 e. The number of para-hydroxylation sites is 1. The molecule has 21 heavy (non-hydrogen) atoms. The molecule has 0 bridgehead atoms. The third kappa shape index (κ3) is 3.23. The van der Waals surface area contributed by atoms with Crippen LogP contribution >= 0.6 is 0 Å². The smallest absolute Gasteiger partial charge is 0.371 e. The van der Waals surface area contributed by atoms with Crippen LogP contribution in [0.3, 0.4) is 0 Å². The van der Waals surface area contributed by atoms with Crippen LogP contribution in [-0.4, -0.2) is 24.6 Å². The quantitative estimate of drug-likeness (QED) is 0.770. The van der Waals surface area contributed by atoms with Crippen molar-refractivity contribution in [2.75, 3.05) is 0 Å². The van der Waals surface area contributed by atoms with Crippen LogP contribution in [0.15, 0.2) is 39.6 Å². The molecule has 3 N–H and O–H groups in total. The number of hydrogen-bond donors (Lipinski definition) is 3. The van der Waals surface area contributed by atoms with E-state index in [-0.39, 0.29) is 22.9 Å². The van der Waals surface area contributed by atoms with E-state index < -0.39 is 21.8 Å². The number of aromatic hydroxyl groups is 1. The number of carboxylic acids is 1. The largest absolute Gasteiger partial charge is 0.508 e. The molecular formula is C13H13NO6S. The fraction of sp³-hybridized carbons (Fsp3) is 0.154. The second-order valence-corrected chi connectivity index (χ2v) is 6.02. The van der Waals surface area contributed by atoms with Gasteiger partial charge in [-0.1, -0.05) is 18.2 Å². The summed E-state index contributed by atoms with van der Waals surface area (Å²) >= 11 is 0. The Kier molecular flexibility index (Phi) is 4.01. The summed E-state index contributed by atoms with van der Waals surface area (Å²) < 4.78 is 31.4. The van der Waals surface area contributed by atoms with Crippen molar-refractivity contribution in [2.24, 2.45) is 0 Å². The monoisotopic (exact) mass is 311 g/mol. The first-order chi connectivity index (χ1) is 9.81. The van der Waals surface area contributed by atoms with E-state index in [1.807, 2.05) is 0 Å². The first-order valence-electron chi connectivity index (χ1n) is 5.91. The highest BCUT2D eigenvalue weighted by Crippen LogP contribution is 2.21. The molecule has 1 heterocycles. The van der Waals surface area contributed by atoms with Gasteiger partial charge in [-0.3, -0.25) is 0 Å². The number of nitrogens with one attached hydrogen (secondary N) is 1. The van der Waals surface area contributed by atoms with E-state index in [0.717, 1.165) is 6.07 Å². The molecule has 0 radical (unpaired) electrons. The predicted molar refractivity (Wildman–Crippen MR) is 72.5 cm³/mol. The van der Waals surface area contributed by atoms with Crippen LogP contribution < -0.4 is 4.72 Å². The van der Waals surface area contributed by atoms with Crippen LogP contribution in [0.4, 0.5) is 0 Å². The van der Waals surface area contributed by atoms with Gasteiger partial charge < -0.3 is 14.6 Å². The molecule has 0 saturated heterocycles. The summed E-state index contributed by atoms with van der Waals surface area (Å²) in [6.07, 6.45) is 0. The summed E-state index contributed by atoms with van der Waals surface area (Å²) in [5.41, 5.74) is 0.403. The maximum atomic E-state index is 12.1. The Bertz CT molecular complexity index is 778. The molecule has 112 valence electrons. The first-order valence-corrected chi connectivity index (χ1v) is 7.40.